The number of hydrogen-bond acceptors (Lipinski definition) is 3. The lowest BCUT2D eigenvalue weighted by molar-refractivity contribution is -0.0637. The number of nitrogens with zero attached hydrogens (tertiary/aromatic N) is 1. The highest BCUT2D eigenvalue weighted by atomic mass is 79.9. The van der Waals surface area contributed by atoms with Gasteiger partial charge in [-0.15, -0.1) is 0 Å². The van der Waals surface area contributed by atoms with Crippen LogP contribution in [0.25, 0.3) is 0 Å². The largest absolute Gasteiger partial charge is 0.377 e. The number of halogens is 1. The van der Waals surface area contributed by atoms with Crippen LogP contribution in [0, 0.1) is 0 Å². The van der Waals surface area contributed by atoms with E-state index >= 15 is 0 Å². The molecule has 2 rings (SSSR count). The van der Waals surface area contributed by atoms with Gasteiger partial charge in [-0.05, 0) is 44.9 Å². The van der Waals surface area contributed by atoms with Gasteiger partial charge < -0.3 is 10.5 Å². The van der Waals surface area contributed by atoms with Crippen molar-refractivity contribution in [2.75, 3.05) is 20.2 Å². The summed E-state index contributed by atoms with van der Waals surface area (Å²) in [6.07, 6.45) is 2.26. The molecule has 1 saturated heterocycles. The van der Waals surface area contributed by atoms with E-state index in [9.17, 15) is 0 Å². The van der Waals surface area contributed by atoms with Crippen LogP contribution in [-0.2, 0) is 4.74 Å². The number of ether oxygens (including phenoxy) is 1. The van der Waals surface area contributed by atoms with Gasteiger partial charge in [0, 0.05) is 24.2 Å². The molecule has 0 aromatic heterocycles. The molecule has 3 unspecified atom stereocenters. The second-order valence-corrected chi connectivity index (χ2v) is 6.91. The topological polar surface area (TPSA) is 38.5 Å². The molecule has 3 nitrogen and oxygen atoms in total. The maximum Gasteiger partial charge on any atom is 0.0777 e. The third-order valence-corrected chi connectivity index (χ3v) is 5.02. The highest BCUT2D eigenvalue weighted by Gasteiger charge is 2.36. The summed E-state index contributed by atoms with van der Waals surface area (Å²) in [4.78, 5) is 2.47. The van der Waals surface area contributed by atoms with E-state index in [4.69, 9.17) is 10.5 Å². The minimum absolute atomic E-state index is 0.0629. The molecular weight excluding hydrogens is 316 g/mol. The van der Waals surface area contributed by atoms with Crippen molar-refractivity contribution in [3.05, 3.63) is 34.3 Å². The molecule has 0 bridgehead atoms. The Hall–Kier alpha value is -0.420. The Morgan fingerprint density at radius 3 is 2.70 bits per heavy atom. The summed E-state index contributed by atoms with van der Waals surface area (Å²) in [5.41, 5.74) is 7.50. The van der Waals surface area contributed by atoms with Gasteiger partial charge >= 0.3 is 0 Å². The molecule has 1 aliphatic heterocycles. The van der Waals surface area contributed by atoms with Crippen LogP contribution in [0.1, 0.15) is 38.3 Å². The fourth-order valence-electron chi connectivity index (χ4n) is 3.18. The number of likely N-dealkylation sites (tertiary alicyclic amines) is 1. The standard InChI is InChI=1S/C16H25BrN2O/c1-12(18)15(13-7-4-5-8-14(13)17)19-10-6-9-16(2,11-19)20-3/h4-5,7-8,12,15H,6,9-11,18H2,1-3H3. The molecule has 0 radical (unpaired) electrons. The van der Waals surface area contributed by atoms with E-state index in [0.29, 0.717) is 0 Å². The van der Waals surface area contributed by atoms with E-state index in [-0.39, 0.29) is 17.7 Å². The minimum Gasteiger partial charge on any atom is -0.377 e. The van der Waals surface area contributed by atoms with Crippen LogP contribution in [-0.4, -0.2) is 36.7 Å². The Labute approximate surface area is 130 Å². The van der Waals surface area contributed by atoms with Gasteiger partial charge in [0.1, 0.15) is 0 Å². The van der Waals surface area contributed by atoms with E-state index in [1.165, 1.54) is 5.56 Å². The lowest BCUT2D eigenvalue weighted by atomic mass is 9.90. The van der Waals surface area contributed by atoms with Gasteiger partial charge in [0.2, 0.25) is 0 Å². The molecule has 20 heavy (non-hydrogen) atoms. The van der Waals surface area contributed by atoms with Crippen molar-refractivity contribution in [3.63, 3.8) is 0 Å². The van der Waals surface area contributed by atoms with E-state index in [1.807, 2.05) is 13.2 Å². The Morgan fingerprint density at radius 2 is 2.10 bits per heavy atom. The van der Waals surface area contributed by atoms with E-state index in [0.717, 1.165) is 30.4 Å². The SMILES string of the molecule is COC1(C)CCCN(C(c2ccccc2Br)C(C)N)C1. The molecule has 0 saturated carbocycles. The highest BCUT2D eigenvalue weighted by molar-refractivity contribution is 9.10. The van der Waals surface area contributed by atoms with Gasteiger partial charge in [-0.2, -0.15) is 0 Å². The quantitative estimate of drug-likeness (QED) is 0.913. The summed E-state index contributed by atoms with van der Waals surface area (Å²) in [7, 11) is 1.81. The zero-order valence-corrected chi connectivity index (χ0v) is 14.2. The Balaban J connectivity index is 2.28. The fourth-order valence-corrected chi connectivity index (χ4v) is 3.69. The Bertz CT molecular complexity index is 452. The summed E-state index contributed by atoms with van der Waals surface area (Å²) < 4.78 is 6.84. The van der Waals surface area contributed by atoms with Crippen molar-refractivity contribution in [2.24, 2.45) is 5.73 Å². The maximum atomic E-state index is 6.30. The van der Waals surface area contributed by atoms with Crippen molar-refractivity contribution >= 4 is 15.9 Å². The molecule has 1 fully saturated rings. The summed E-state index contributed by atoms with van der Waals surface area (Å²) in [5.74, 6) is 0. The summed E-state index contributed by atoms with van der Waals surface area (Å²) in [5, 5.41) is 0. The summed E-state index contributed by atoms with van der Waals surface area (Å²) in [6, 6.07) is 8.67. The van der Waals surface area contributed by atoms with E-state index < -0.39 is 0 Å². The molecule has 4 heteroatoms. The maximum absolute atomic E-state index is 6.30. The molecule has 0 aliphatic carbocycles. The van der Waals surface area contributed by atoms with Crippen LogP contribution in [0.15, 0.2) is 28.7 Å². The minimum atomic E-state index is -0.0629. The molecule has 1 aromatic rings. The van der Waals surface area contributed by atoms with Crippen molar-refractivity contribution in [1.82, 2.24) is 4.90 Å². The lowest BCUT2D eigenvalue weighted by Gasteiger charge is -2.44. The van der Waals surface area contributed by atoms with Crippen molar-refractivity contribution in [2.45, 2.75) is 44.4 Å². The van der Waals surface area contributed by atoms with Crippen molar-refractivity contribution in [3.8, 4) is 0 Å². The van der Waals surface area contributed by atoms with Gasteiger partial charge in [0.25, 0.3) is 0 Å². The lowest BCUT2D eigenvalue weighted by Crippen LogP contribution is -2.51. The van der Waals surface area contributed by atoms with Crippen LogP contribution in [0.2, 0.25) is 0 Å². The van der Waals surface area contributed by atoms with E-state index in [2.05, 4.69) is 52.9 Å². The second-order valence-electron chi connectivity index (χ2n) is 6.05. The average molecular weight is 341 g/mol. The summed E-state index contributed by atoms with van der Waals surface area (Å²) >= 11 is 3.66. The molecule has 3 atom stereocenters. The first-order valence-corrected chi connectivity index (χ1v) is 8.05. The van der Waals surface area contributed by atoms with Gasteiger partial charge in [0.15, 0.2) is 0 Å². The zero-order valence-electron chi connectivity index (χ0n) is 12.6. The summed E-state index contributed by atoms with van der Waals surface area (Å²) in [6.45, 7) is 6.28. The number of rotatable bonds is 4. The van der Waals surface area contributed by atoms with E-state index in [1.54, 1.807) is 0 Å². The van der Waals surface area contributed by atoms with Crippen molar-refractivity contribution < 1.29 is 4.74 Å². The third-order valence-electron chi connectivity index (χ3n) is 4.30. The molecule has 0 spiro atoms. The highest BCUT2D eigenvalue weighted by Crippen LogP contribution is 2.34. The number of piperidine rings is 1. The molecule has 1 heterocycles. The number of nitrogens with two attached hydrogens (primary N) is 1. The molecule has 1 aromatic carbocycles. The molecule has 1 aliphatic rings. The molecule has 0 amide bonds. The van der Waals surface area contributed by atoms with Gasteiger partial charge in [-0.1, -0.05) is 34.1 Å². The van der Waals surface area contributed by atoms with Crippen LogP contribution in [0.5, 0.6) is 0 Å². The monoisotopic (exact) mass is 340 g/mol. The molecule has 112 valence electrons. The smallest absolute Gasteiger partial charge is 0.0777 e. The van der Waals surface area contributed by atoms with Crippen LogP contribution < -0.4 is 5.73 Å². The first-order chi connectivity index (χ1) is 9.47. The van der Waals surface area contributed by atoms with Crippen molar-refractivity contribution in [1.29, 1.82) is 0 Å². The predicted octanol–water partition coefficient (Wildman–Crippen LogP) is 3.34. The van der Waals surface area contributed by atoms with Gasteiger partial charge in [-0.25, -0.2) is 0 Å². The fraction of sp³-hybridized carbons (Fsp3) is 0.625. The van der Waals surface area contributed by atoms with Crippen LogP contribution in [0.4, 0.5) is 0 Å². The molecule has 2 N–H and O–H groups in total. The first kappa shape index (κ1) is 16.0. The average Bonchev–Trinajstić information content (AvgIpc) is 2.41. The van der Waals surface area contributed by atoms with Gasteiger partial charge in [0.05, 0.1) is 11.6 Å². The molecular formula is C16H25BrN2O. The third kappa shape index (κ3) is 3.42. The van der Waals surface area contributed by atoms with Gasteiger partial charge in [-0.3, -0.25) is 4.90 Å². The number of hydrogen-bond donors (Lipinski definition) is 1. The predicted molar refractivity (Wildman–Crippen MR) is 86.8 cm³/mol. The first-order valence-electron chi connectivity index (χ1n) is 7.26. The Morgan fingerprint density at radius 1 is 1.40 bits per heavy atom. The second kappa shape index (κ2) is 6.56. The number of methoxy groups -OCH3 is 1. The van der Waals surface area contributed by atoms with Crippen LogP contribution >= 0.6 is 15.9 Å². The zero-order chi connectivity index (χ0) is 14.8. The number of benzene rings is 1. The Kier molecular flexibility index (Phi) is 5.24. The normalized spacial score (nSPS) is 27.2. The van der Waals surface area contributed by atoms with Crippen LogP contribution in [0.3, 0.4) is 0 Å².